The minimum atomic E-state index is -2.84. The molecular weight excluding hydrogens is 504 g/mol. The van der Waals surface area contributed by atoms with Crippen LogP contribution in [-0.2, 0) is 6.54 Å². The largest absolute Gasteiger partial charge is 0.415 e. The van der Waals surface area contributed by atoms with Crippen molar-refractivity contribution in [2.75, 3.05) is 19.6 Å². The molecule has 0 aliphatic carbocycles. The molecule has 1 aliphatic rings. The fourth-order valence-electron chi connectivity index (χ4n) is 5.24. The molecule has 0 atom stereocenters. The van der Waals surface area contributed by atoms with Crippen molar-refractivity contribution in [3.8, 4) is 22.6 Å². The van der Waals surface area contributed by atoms with E-state index in [9.17, 15) is 13.6 Å². The Morgan fingerprint density at radius 3 is 2.49 bits per heavy atom. The number of hydrogen-bond acceptors (Lipinski definition) is 7. The third kappa shape index (κ3) is 4.85. The SMILES string of the molecule is CCN1CCC(n2c(=O)n(Cc3ccc(-c4nnc(C(F)F)o4)cn3)c3ccc(-c4cccnc4)cc32)CC1. The van der Waals surface area contributed by atoms with E-state index in [0.29, 0.717) is 11.3 Å². The monoisotopic (exact) mass is 531 g/mol. The average molecular weight is 532 g/mol. The highest BCUT2D eigenvalue weighted by atomic mass is 19.3. The first-order chi connectivity index (χ1) is 19.0. The van der Waals surface area contributed by atoms with Crippen LogP contribution in [0.1, 0.15) is 43.8 Å². The standard InChI is InChI=1S/C28H27F2N7O2/c1-2-35-12-9-22(10-13-35)37-24-14-18(19-4-3-11-31-15-19)6-8-23(24)36(28(37)38)17-21-7-5-20(16-32-21)26-33-34-27(39-26)25(29)30/h3-8,11,14-16,22,25H,2,9-10,12-13,17H2,1H3. The molecular formula is C28H27F2N7O2. The third-order valence-corrected chi connectivity index (χ3v) is 7.35. The third-order valence-electron chi connectivity index (χ3n) is 7.35. The molecule has 0 unspecified atom stereocenters. The molecule has 1 fully saturated rings. The number of aromatic nitrogens is 6. The van der Waals surface area contributed by atoms with E-state index in [2.05, 4.69) is 38.1 Å². The van der Waals surface area contributed by atoms with E-state index >= 15 is 0 Å². The lowest BCUT2D eigenvalue weighted by Crippen LogP contribution is -2.37. The van der Waals surface area contributed by atoms with Gasteiger partial charge in [0.2, 0.25) is 5.89 Å². The molecule has 9 nitrogen and oxygen atoms in total. The van der Waals surface area contributed by atoms with E-state index < -0.39 is 12.3 Å². The molecule has 0 amide bonds. The van der Waals surface area contributed by atoms with Crippen LogP contribution in [0.15, 0.2) is 70.3 Å². The summed E-state index contributed by atoms with van der Waals surface area (Å²) in [6.45, 7) is 5.33. The second-order valence-corrected chi connectivity index (χ2v) is 9.63. The molecule has 0 bridgehead atoms. The number of alkyl halides is 2. The molecule has 4 aromatic heterocycles. The molecule has 1 aromatic carbocycles. The lowest BCUT2D eigenvalue weighted by Gasteiger charge is -2.31. The lowest BCUT2D eigenvalue weighted by molar-refractivity contribution is 0.116. The maximum atomic E-state index is 13.9. The van der Waals surface area contributed by atoms with Crippen LogP contribution in [-0.4, -0.2) is 53.8 Å². The molecule has 200 valence electrons. The van der Waals surface area contributed by atoms with Gasteiger partial charge in [-0.05, 0) is 55.3 Å². The van der Waals surface area contributed by atoms with Gasteiger partial charge in [-0.25, -0.2) is 4.79 Å². The van der Waals surface area contributed by atoms with Gasteiger partial charge in [0.15, 0.2) is 0 Å². The van der Waals surface area contributed by atoms with Gasteiger partial charge in [0.1, 0.15) is 0 Å². The van der Waals surface area contributed by atoms with E-state index in [-0.39, 0.29) is 24.2 Å². The van der Waals surface area contributed by atoms with Gasteiger partial charge in [0, 0.05) is 43.3 Å². The van der Waals surface area contributed by atoms with Crippen molar-refractivity contribution < 1.29 is 13.2 Å². The van der Waals surface area contributed by atoms with Crippen LogP contribution >= 0.6 is 0 Å². The average Bonchev–Trinajstić information content (AvgIpc) is 3.57. The molecule has 0 spiro atoms. The molecule has 0 radical (unpaired) electrons. The maximum Gasteiger partial charge on any atom is 0.329 e. The van der Waals surface area contributed by atoms with Crippen LogP contribution < -0.4 is 5.69 Å². The Labute approximate surface area is 222 Å². The molecule has 0 N–H and O–H groups in total. The molecule has 6 rings (SSSR count). The predicted octanol–water partition coefficient (Wildman–Crippen LogP) is 4.95. The summed E-state index contributed by atoms with van der Waals surface area (Å²) in [5.74, 6) is -0.761. The number of nitrogens with zero attached hydrogens (tertiary/aromatic N) is 7. The number of imidazole rings is 1. The van der Waals surface area contributed by atoms with Crippen LogP contribution in [0.5, 0.6) is 0 Å². The molecule has 1 aliphatic heterocycles. The van der Waals surface area contributed by atoms with Gasteiger partial charge < -0.3 is 9.32 Å². The van der Waals surface area contributed by atoms with Crippen molar-refractivity contribution >= 4 is 11.0 Å². The Bertz CT molecular complexity index is 1640. The summed E-state index contributed by atoms with van der Waals surface area (Å²) >= 11 is 0. The molecule has 0 saturated carbocycles. The van der Waals surface area contributed by atoms with Crippen molar-refractivity contribution in [2.24, 2.45) is 0 Å². The molecule has 5 heterocycles. The molecule has 1 saturated heterocycles. The van der Waals surface area contributed by atoms with Gasteiger partial charge in [-0.3, -0.25) is 19.1 Å². The lowest BCUT2D eigenvalue weighted by atomic mass is 10.0. The number of rotatable bonds is 7. The first kappa shape index (κ1) is 25.1. The summed E-state index contributed by atoms with van der Waals surface area (Å²) in [6.07, 6.45) is 4.02. The summed E-state index contributed by atoms with van der Waals surface area (Å²) in [6, 6.07) is 13.5. The van der Waals surface area contributed by atoms with Crippen LogP contribution in [0.4, 0.5) is 8.78 Å². The van der Waals surface area contributed by atoms with Crippen molar-refractivity contribution in [2.45, 2.75) is 38.8 Å². The first-order valence-corrected chi connectivity index (χ1v) is 13.0. The van der Waals surface area contributed by atoms with Crippen molar-refractivity contribution in [1.29, 1.82) is 0 Å². The zero-order valence-corrected chi connectivity index (χ0v) is 21.4. The zero-order valence-electron chi connectivity index (χ0n) is 21.4. The fraction of sp³-hybridized carbons (Fsp3) is 0.321. The number of piperidine rings is 1. The maximum absolute atomic E-state index is 13.9. The number of hydrogen-bond donors (Lipinski definition) is 0. The van der Waals surface area contributed by atoms with Crippen LogP contribution in [0.25, 0.3) is 33.6 Å². The summed E-state index contributed by atoms with van der Waals surface area (Å²) < 4.78 is 34.3. The minimum Gasteiger partial charge on any atom is -0.415 e. The number of fused-ring (bicyclic) bond motifs is 1. The van der Waals surface area contributed by atoms with Crippen molar-refractivity contribution in [3.05, 3.63) is 83.1 Å². The van der Waals surface area contributed by atoms with Crippen molar-refractivity contribution in [3.63, 3.8) is 0 Å². The number of benzene rings is 1. The normalized spacial score (nSPS) is 15.0. The quantitative estimate of drug-likeness (QED) is 0.293. The highest BCUT2D eigenvalue weighted by Gasteiger charge is 2.25. The fourth-order valence-corrected chi connectivity index (χ4v) is 5.24. The van der Waals surface area contributed by atoms with Gasteiger partial charge in [-0.1, -0.05) is 19.1 Å². The molecule has 5 aromatic rings. The van der Waals surface area contributed by atoms with Gasteiger partial charge in [0.25, 0.3) is 5.89 Å². The number of halogens is 2. The number of pyridine rings is 2. The minimum absolute atomic E-state index is 0.0283. The highest BCUT2D eigenvalue weighted by Crippen LogP contribution is 2.30. The Morgan fingerprint density at radius 1 is 1.00 bits per heavy atom. The number of likely N-dealkylation sites (tertiary alicyclic amines) is 1. The Hall–Kier alpha value is -4.25. The summed E-state index contributed by atoms with van der Waals surface area (Å²) in [4.78, 5) is 25.0. The van der Waals surface area contributed by atoms with Gasteiger partial charge in [0.05, 0.1) is 28.8 Å². The van der Waals surface area contributed by atoms with E-state index in [1.165, 1.54) is 6.20 Å². The molecule has 39 heavy (non-hydrogen) atoms. The Kier molecular flexibility index (Phi) is 6.74. The van der Waals surface area contributed by atoms with Gasteiger partial charge in [-0.15, -0.1) is 10.2 Å². The second-order valence-electron chi connectivity index (χ2n) is 9.63. The van der Waals surface area contributed by atoms with Gasteiger partial charge >= 0.3 is 12.1 Å². The zero-order chi connectivity index (χ0) is 26.9. The van der Waals surface area contributed by atoms with Crippen LogP contribution in [0.2, 0.25) is 0 Å². The second kappa shape index (κ2) is 10.5. The Balaban J connectivity index is 1.37. The highest BCUT2D eigenvalue weighted by molar-refractivity contribution is 5.83. The Morgan fingerprint density at radius 2 is 1.82 bits per heavy atom. The summed E-state index contributed by atoms with van der Waals surface area (Å²) in [5.41, 5.74) is 4.70. The first-order valence-electron chi connectivity index (χ1n) is 13.0. The summed E-state index contributed by atoms with van der Waals surface area (Å²) in [5, 5.41) is 7.04. The summed E-state index contributed by atoms with van der Waals surface area (Å²) in [7, 11) is 0. The topological polar surface area (TPSA) is 94.9 Å². The van der Waals surface area contributed by atoms with Crippen LogP contribution in [0, 0.1) is 0 Å². The van der Waals surface area contributed by atoms with Crippen LogP contribution in [0.3, 0.4) is 0 Å². The van der Waals surface area contributed by atoms with E-state index in [0.717, 1.165) is 54.6 Å². The van der Waals surface area contributed by atoms with Crippen molar-refractivity contribution in [1.82, 2.24) is 34.2 Å². The van der Waals surface area contributed by atoms with Gasteiger partial charge in [-0.2, -0.15) is 8.78 Å². The predicted molar refractivity (Wildman–Crippen MR) is 141 cm³/mol. The van der Waals surface area contributed by atoms with E-state index in [4.69, 9.17) is 4.42 Å². The van der Waals surface area contributed by atoms with E-state index in [1.54, 1.807) is 22.9 Å². The smallest absolute Gasteiger partial charge is 0.329 e. The molecule has 11 heteroatoms. The van der Waals surface area contributed by atoms with E-state index in [1.807, 2.05) is 35.0 Å².